The highest BCUT2D eigenvalue weighted by molar-refractivity contribution is 5.99. The van der Waals surface area contributed by atoms with Gasteiger partial charge in [-0.15, -0.1) is 0 Å². The molecule has 11 nitrogen and oxygen atoms in total. The van der Waals surface area contributed by atoms with Gasteiger partial charge in [0.25, 0.3) is 5.56 Å². The van der Waals surface area contributed by atoms with Crippen LogP contribution in [0.2, 0.25) is 0 Å². The highest BCUT2D eigenvalue weighted by atomic mass is 16.4. The quantitative estimate of drug-likeness (QED) is 0.289. The van der Waals surface area contributed by atoms with Crippen LogP contribution in [-0.4, -0.2) is 35.2 Å². The molecule has 0 spiro atoms. The minimum Gasteiger partial charge on any atom is -0.423 e. The summed E-state index contributed by atoms with van der Waals surface area (Å²) in [7, 11) is 0. The number of pyridine rings is 1. The maximum atomic E-state index is 14.1. The molecule has 212 valence electrons. The van der Waals surface area contributed by atoms with E-state index in [9.17, 15) is 9.59 Å². The van der Waals surface area contributed by atoms with Crippen molar-refractivity contribution in [3.8, 4) is 16.9 Å². The fourth-order valence-corrected chi connectivity index (χ4v) is 5.56. The van der Waals surface area contributed by atoms with Gasteiger partial charge >= 0.3 is 6.01 Å². The molecule has 7 aromatic rings. The average molecular weight is 571 g/mol. The van der Waals surface area contributed by atoms with Gasteiger partial charge in [-0.25, -0.2) is 14.6 Å². The molecule has 0 aliphatic carbocycles. The third-order valence-corrected chi connectivity index (χ3v) is 7.50. The summed E-state index contributed by atoms with van der Waals surface area (Å²) in [6.07, 6.45) is 1.40. The summed E-state index contributed by atoms with van der Waals surface area (Å²) in [6.45, 7) is 5.55. The van der Waals surface area contributed by atoms with Gasteiger partial charge in [0.05, 0.1) is 23.0 Å². The summed E-state index contributed by atoms with van der Waals surface area (Å²) in [5, 5.41) is 9.61. The molecule has 4 heterocycles. The second-order valence-electron chi connectivity index (χ2n) is 10.4. The maximum Gasteiger partial charge on any atom is 0.302 e. The molecule has 0 saturated carbocycles. The molecule has 3 N–H and O–H groups in total. The molecule has 7 rings (SSSR count). The largest absolute Gasteiger partial charge is 0.423 e. The number of amides is 1. The number of aryl methyl sites for hydroxylation is 2. The molecular weight excluding hydrogens is 544 g/mol. The zero-order valence-corrected chi connectivity index (χ0v) is 23.6. The normalized spacial score (nSPS) is 11.5. The number of carbonyl (C=O) groups excluding carboxylic acids is 1. The molecule has 1 amide bonds. The zero-order chi connectivity index (χ0) is 29.8. The van der Waals surface area contributed by atoms with E-state index in [0.29, 0.717) is 38.8 Å². The van der Waals surface area contributed by atoms with Crippen LogP contribution in [0.5, 0.6) is 0 Å². The highest BCUT2D eigenvalue weighted by Gasteiger charge is 2.21. The van der Waals surface area contributed by atoms with Gasteiger partial charge in [-0.3, -0.25) is 19.5 Å². The number of rotatable bonds is 5. The topological polar surface area (TPSA) is 147 Å². The summed E-state index contributed by atoms with van der Waals surface area (Å²) in [6, 6.07) is 21.2. The number of anilines is 2. The van der Waals surface area contributed by atoms with Crippen LogP contribution in [0.1, 0.15) is 23.7 Å². The number of carbonyl (C=O) groups is 1. The minimum atomic E-state index is -0.283. The highest BCUT2D eigenvalue weighted by Crippen LogP contribution is 2.33. The molecule has 0 atom stereocenters. The van der Waals surface area contributed by atoms with E-state index >= 15 is 0 Å². The summed E-state index contributed by atoms with van der Waals surface area (Å²) in [5.74, 6) is -0.0113. The number of hydrogen-bond acceptors (Lipinski definition) is 8. The van der Waals surface area contributed by atoms with Gasteiger partial charge in [-0.05, 0) is 54.6 Å². The molecule has 11 heteroatoms. The van der Waals surface area contributed by atoms with Crippen molar-refractivity contribution >= 4 is 50.6 Å². The van der Waals surface area contributed by atoms with Gasteiger partial charge in [-0.2, -0.15) is 10.1 Å². The van der Waals surface area contributed by atoms with Crippen molar-refractivity contribution in [2.45, 2.75) is 27.3 Å². The first-order valence-electron chi connectivity index (χ1n) is 13.6. The molecule has 0 aliphatic rings. The van der Waals surface area contributed by atoms with Crippen LogP contribution in [0.3, 0.4) is 0 Å². The monoisotopic (exact) mass is 570 g/mol. The fourth-order valence-electron chi connectivity index (χ4n) is 5.56. The lowest BCUT2D eigenvalue weighted by Gasteiger charge is -2.17. The summed E-state index contributed by atoms with van der Waals surface area (Å²) >= 11 is 0. The number of nitrogens with zero attached hydrogens (tertiary/aromatic N) is 6. The van der Waals surface area contributed by atoms with Crippen LogP contribution < -0.4 is 16.6 Å². The summed E-state index contributed by atoms with van der Waals surface area (Å²) in [4.78, 5) is 38.7. The number of nitrogens with two attached hydrogens (primary N) is 1. The first-order valence-corrected chi connectivity index (χ1v) is 13.6. The number of nitrogens with one attached hydrogen (secondary N) is 1. The minimum absolute atomic E-state index is 0.100. The average Bonchev–Trinajstić information content (AvgIpc) is 3.54. The number of nitrogen functional groups attached to an aromatic ring is 1. The molecule has 0 radical (unpaired) electrons. The predicted molar refractivity (Wildman–Crippen MR) is 165 cm³/mol. The van der Waals surface area contributed by atoms with E-state index < -0.39 is 0 Å². The number of para-hydroxylation sites is 1. The van der Waals surface area contributed by atoms with Crippen LogP contribution in [0, 0.1) is 13.8 Å². The van der Waals surface area contributed by atoms with Gasteiger partial charge in [0, 0.05) is 18.2 Å². The van der Waals surface area contributed by atoms with Gasteiger partial charge in [0.2, 0.25) is 5.91 Å². The third kappa shape index (κ3) is 4.38. The standard InChI is InChI=1S/C32H26N8O3/c1-17-7-4-5-10-24(17)40-22(13-20-9-6-8-18(2)26(20)31(40)42)15-39-30-27(29(33)34-16-35-30)28(38-39)21-11-12-23-25(14-21)43-32(37-23)36-19(3)41/h4-14,16H,15H2,1-3H3,(H2,33,34,35)(H,36,37,41). The lowest BCUT2D eigenvalue weighted by molar-refractivity contribution is -0.114. The van der Waals surface area contributed by atoms with Gasteiger partial charge in [0.15, 0.2) is 11.2 Å². The van der Waals surface area contributed by atoms with E-state index in [0.717, 1.165) is 27.9 Å². The van der Waals surface area contributed by atoms with Crippen molar-refractivity contribution in [3.05, 3.63) is 100 Å². The van der Waals surface area contributed by atoms with Crippen LogP contribution in [0.25, 0.3) is 49.9 Å². The molecule has 0 unspecified atom stereocenters. The summed E-state index contributed by atoms with van der Waals surface area (Å²) in [5.41, 5.74) is 12.5. The van der Waals surface area contributed by atoms with Crippen LogP contribution in [-0.2, 0) is 11.3 Å². The predicted octanol–water partition coefficient (Wildman–Crippen LogP) is 5.14. The van der Waals surface area contributed by atoms with E-state index in [1.165, 1.54) is 13.3 Å². The number of aromatic nitrogens is 6. The van der Waals surface area contributed by atoms with Crippen LogP contribution in [0.4, 0.5) is 11.8 Å². The Hall–Kier alpha value is -5.84. The van der Waals surface area contributed by atoms with Gasteiger partial charge < -0.3 is 10.2 Å². The molecular formula is C32H26N8O3. The zero-order valence-electron chi connectivity index (χ0n) is 23.6. The first-order chi connectivity index (χ1) is 20.8. The van der Waals surface area contributed by atoms with E-state index in [4.69, 9.17) is 15.2 Å². The van der Waals surface area contributed by atoms with E-state index in [-0.39, 0.29) is 29.8 Å². The van der Waals surface area contributed by atoms with Crippen molar-refractivity contribution in [1.82, 2.24) is 29.3 Å². The third-order valence-electron chi connectivity index (χ3n) is 7.50. The van der Waals surface area contributed by atoms with Gasteiger partial charge in [-0.1, -0.05) is 42.5 Å². The van der Waals surface area contributed by atoms with Crippen molar-refractivity contribution in [3.63, 3.8) is 0 Å². The first kappa shape index (κ1) is 26.1. The lowest BCUT2D eigenvalue weighted by atomic mass is 10.1. The Morgan fingerprint density at radius 2 is 1.79 bits per heavy atom. The number of fused-ring (bicyclic) bond motifs is 3. The van der Waals surface area contributed by atoms with E-state index in [1.807, 2.05) is 68.4 Å². The number of oxazole rings is 1. The second-order valence-corrected chi connectivity index (χ2v) is 10.4. The molecule has 0 aliphatic heterocycles. The van der Waals surface area contributed by atoms with Crippen molar-refractivity contribution in [1.29, 1.82) is 0 Å². The van der Waals surface area contributed by atoms with Gasteiger partial charge in [0.1, 0.15) is 23.4 Å². The smallest absolute Gasteiger partial charge is 0.302 e. The number of hydrogen-bond donors (Lipinski definition) is 2. The molecule has 3 aromatic carbocycles. The van der Waals surface area contributed by atoms with E-state index in [2.05, 4.69) is 20.3 Å². The molecule has 0 fully saturated rings. The second kappa shape index (κ2) is 9.91. The molecule has 0 bridgehead atoms. The van der Waals surface area contributed by atoms with Crippen LogP contribution >= 0.6 is 0 Å². The molecule has 43 heavy (non-hydrogen) atoms. The van der Waals surface area contributed by atoms with Crippen LogP contribution in [0.15, 0.2) is 82.3 Å². The number of benzene rings is 3. The molecule has 0 saturated heterocycles. The Morgan fingerprint density at radius 3 is 2.60 bits per heavy atom. The Morgan fingerprint density at radius 1 is 0.977 bits per heavy atom. The Kier molecular flexibility index (Phi) is 6.01. The summed E-state index contributed by atoms with van der Waals surface area (Å²) < 4.78 is 9.24. The van der Waals surface area contributed by atoms with Crippen molar-refractivity contribution < 1.29 is 9.21 Å². The fraction of sp³-hybridized carbons (Fsp3) is 0.125. The Bertz CT molecular complexity index is 2300. The van der Waals surface area contributed by atoms with E-state index in [1.54, 1.807) is 21.4 Å². The Labute approximate surface area is 244 Å². The van der Waals surface area contributed by atoms with Crippen molar-refractivity contribution in [2.24, 2.45) is 0 Å². The maximum absolute atomic E-state index is 14.1. The SMILES string of the molecule is CC(=O)Nc1nc2ccc(-c3nn(Cc4cc5cccc(C)c5c(=O)n4-c4ccccc4C)c4ncnc(N)c34)cc2o1. The molecule has 4 aromatic heterocycles. The lowest BCUT2D eigenvalue weighted by Crippen LogP contribution is -2.25. The Balaban J connectivity index is 1.43. The van der Waals surface area contributed by atoms with Crippen molar-refractivity contribution in [2.75, 3.05) is 11.1 Å².